The van der Waals surface area contributed by atoms with Gasteiger partial charge >= 0.3 is 0 Å². The molecule has 10 heavy (non-hydrogen) atoms. The fraction of sp³-hybridized carbons (Fsp3) is 0.250. The van der Waals surface area contributed by atoms with Gasteiger partial charge in [-0.05, 0) is 0 Å². The zero-order valence-corrected chi connectivity index (χ0v) is 5.50. The molecule has 0 radical (unpaired) electrons. The van der Waals surface area contributed by atoms with Gasteiger partial charge in [0.15, 0.2) is 17.4 Å². The second-order valence-electron chi connectivity index (χ2n) is 1.65. The molecule has 0 aromatic rings. The van der Waals surface area contributed by atoms with E-state index in [1.54, 1.807) is 7.05 Å². The molecule has 54 valence electrons. The van der Waals surface area contributed by atoms with Crippen LogP contribution in [0.5, 0.6) is 0 Å². The van der Waals surface area contributed by atoms with Crippen molar-refractivity contribution in [1.29, 1.82) is 0 Å². The Kier molecular flexibility index (Phi) is 1.53. The van der Waals surface area contributed by atoms with Crippen LogP contribution in [0.25, 0.3) is 0 Å². The van der Waals surface area contributed by atoms with Gasteiger partial charge in [-0.2, -0.15) is 5.10 Å². The van der Waals surface area contributed by atoms with Crippen molar-refractivity contribution in [2.45, 2.75) is 0 Å². The molecule has 1 heterocycles. The molecule has 0 unspecified atom stereocenters. The SMILES string of the molecule is CNN=C1C(N)=NN=C1N. The Morgan fingerprint density at radius 2 is 1.80 bits per heavy atom. The van der Waals surface area contributed by atoms with Crippen molar-refractivity contribution in [3.05, 3.63) is 0 Å². The first kappa shape index (κ1) is 6.53. The molecule has 6 heteroatoms. The number of nitrogens with one attached hydrogen (secondary N) is 1. The van der Waals surface area contributed by atoms with Crippen molar-refractivity contribution in [2.75, 3.05) is 7.05 Å². The van der Waals surface area contributed by atoms with Crippen LogP contribution in [0.2, 0.25) is 0 Å². The molecular formula is C4H8N6. The molecule has 1 aliphatic rings. The maximum absolute atomic E-state index is 5.34. The number of hydrazone groups is 1. The van der Waals surface area contributed by atoms with Gasteiger partial charge in [-0.1, -0.05) is 0 Å². The summed E-state index contributed by atoms with van der Waals surface area (Å²) in [5.74, 6) is 0.485. The highest BCUT2D eigenvalue weighted by Crippen LogP contribution is 1.90. The maximum Gasteiger partial charge on any atom is 0.177 e. The normalized spacial score (nSPS) is 16.3. The third-order valence-corrected chi connectivity index (χ3v) is 0.974. The lowest BCUT2D eigenvalue weighted by atomic mass is 10.3. The Bertz CT molecular complexity index is 204. The van der Waals surface area contributed by atoms with E-state index in [0.29, 0.717) is 5.71 Å². The third-order valence-electron chi connectivity index (χ3n) is 0.974. The van der Waals surface area contributed by atoms with Gasteiger partial charge < -0.3 is 16.9 Å². The Hall–Kier alpha value is -1.59. The molecular weight excluding hydrogens is 132 g/mol. The van der Waals surface area contributed by atoms with Crippen LogP contribution >= 0.6 is 0 Å². The van der Waals surface area contributed by atoms with Gasteiger partial charge in [-0.25, -0.2) is 0 Å². The van der Waals surface area contributed by atoms with Crippen LogP contribution in [0.1, 0.15) is 0 Å². The summed E-state index contributed by atoms with van der Waals surface area (Å²) in [7, 11) is 1.64. The molecule has 0 bridgehead atoms. The standard InChI is InChI=1S/C4H8N6/c1-7-8-2-3(5)9-10-4(2)6/h7H,1H3,(H4,5,6,8,9,10). The number of hydrogen-bond acceptors (Lipinski definition) is 6. The molecule has 0 aliphatic carbocycles. The van der Waals surface area contributed by atoms with E-state index in [9.17, 15) is 0 Å². The van der Waals surface area contributed by atoms with Gasteiger partial charge in [0.25, 0.3) is 0 Å². The van der Waals surface area contributed by atoms with Crippen LogP contribution < -0.4 is 16.9 Å². The summed E-state index contributed by atoms with van der Waals surface area (Å²) < 4.78 is 0. The van der Waals surface area contributed by atoms with Crippen LogP contribution in [0.15, 0.2) is 15.3 Å². The van der Waals surface area contributed by atoms with Crippen LogP contribution in [0, 0.1) is 0 Å². The van der Waals surface area contributed by atoms with Gasteiger partial charge in [0, 0.05) is 7.05 Å². The van der Waals surface area contributed by atoms with Crippen molar-refractivity contribution < 1.29 is 0 Å². The van der Waals surface area contributed by atoms with Crippen LogP contribution in [0.3, 0.4) is 0 Å². The van der Waals surface area contributed by atoms with Crippen LogP contribution in [0.4, 0.5) is 0 Å². The highest BCUT2D eigenvalue weighted by molar-refractivity contribution is 6.68. The Morgan fingerprint density at radius 1 is 1.30 bits per heavy atom. The monoisotopic (exact) mass is 140 g/mol. The van der Waals surface area contributed by atoms with Gasteiger partial charge in [0.05, 0.1) is 0 Å². The van der Waals surface area contributed by atoms with E-state index in [4.69, 9.17) is 11.5 Å². The molecule has 0 fully saturated rings. The minimum absolute atomic E-state index is 0.242. The summed E-state index contributed by atoms with van der Waals surface area (Å²) in [5.41, 5.74) is 13.6. The Morgan fingerprint density at radius 3 is 2.20 bits per heavy atom. The van der Waals surface area contributed by atoms with E-state index in [0.717, 1.165) is 0 Å². The quantitative estimate of drug-likeness (QED) is 0.375. The first-order chi connectivity index (χ1) is 4.75. The predicted octanol–water partition coefficient (Wildman–Crippen LogP) is -1.80. The Labute approximate surface area is 57.7 Å². The molecule has 0 saturated carbocycles. The fourth-order valence-corrected chi connectivity index (χ4v) is 0.560. The largest absolute Gasteiger partial charge is 0.380 e. The summed E-state index contributed by atoms with van der Waals surface area (Å²) in [6, 6.07) is 0. The number of rotatable bonds is 1. The summed E-state index contributed by atoms with van der Waals surface area (Å²) in [5, 5.41) is 10.7. The maximum atomic E-state index is 5.34. The molecule has 0 aromatic carbocycles. The lowest BCUT2D eigenvalue weighted by Crippen LogP contribution is -2.33. The van der Waals surface area contributed by atoms with Crippen molar-refractivity contribution >= 4 is 17.4 Å². The van der Waals surface area contributed by atoms with E-state index in [1.165, 1.54) is 0 Å². The van der Waals surface area contributed by atoms with E-state index >= 15 is 0 Å². The molecule has 1 aliphatic heterocycles. The lowest BCUT2D eigenvalue weighted by Gasteiger charge is -1.94. The van der Waals surface area contributed by atoms with E-state index in [1.807, 2.05) is 0 Å². The summed E-state index contributed by atoms with van der Waals surface area (Å²) in [4.78, 5) is 0. The Balaban J connectivity index is 2.86. The van der Waals surface area contributed by atoms with E-state index in [-0.39, 0.29) is 11.7 Å². The summed E-state index contributed by atoms with van der Waals surface area (Å²) >= 11 is 0. The second kappa shape index (κ2) is 2.34. The minimum Gasteiger partial charge on any atom is -0.380 e. The summed E-state index contributed by atoms with van der Waals surface area (Å²) in [6.07, 6.45) is 0. The van der Waals surface area contributed by atoms with Crippen molar-refractivity contribution in [2.24, 2.45) is 26.8 Å². The number of hydrogen-bond donors (Lipinski definition) is 3. The number of nitrogens with two attached hydrogens (primary N) is 2. The molecule has 0 amide bonds. The average molecular weight is 140 g/mol. The van der Waals surface area contributed by atoms with Gasteiger partial charge in [0.2, 0.25) is 0 Å². The van der Waals surface area contributed by atoms with Gasteiger partial charge in [-0.3, -0.25) is 0 Å². The zero-order chi connectivity index (χ0) is 7.56. The highest BCUT2D eigenvalue weighted by atomic mass is 15.3. The molecule has 5 N–H and O–H groups in total. The smallest absolute Gasteiger partial charge is 0.177 e. The molecule has 0 spiro atoms. The topological polar surface area (TPSA) is 101 Å². The molecule has 1 rings (SSSR count). The second-order valence-corrected chi connectivity index (χ2v) is 1.65. The highest BCUT2D eigenvalue weighted by Gasteiger charge is 2.15. The molecule has 0 atom stereocenters. The first-order valence-corrected chi connectivity index (χ1v) is 2.67. The molecule has 0 aromatic heterocycles. The molecule has 6 nitrogen and oxygen atoms in total. The minimum atomic E-state index is 0.242. The summed E-state index contributed by atoms with van der Waals surface area (Å²) in [6.45, 7) is 0. The van der Waals surface area contributed by atoms with E-state index in [2.05, 4.69) is 20.7 Å². The number of nitrogens with zero attached hydrogens (tertiary/aromatic N) is 3. The zero-order valence-electron chi connectivity index (χ0n) is 5.50. The van der Waals surface area contributed by atoms with Crippen molar-refractivity contribution in [3.63, 3.8) is 0 Å². The van der Waals surface area contributed by atoms with Crippen molar-refractivity contribution in [3.8, 4) is 0 Å². The first-order valence-electron chi connectivity index (χ1n) is 2.67. The van der Waals surface area contributed by atoms with Gasteiger partial charge in [0.1, 0.15) is 0 Å². The lowest BCUT2D eigenvalue weighted by molar-refractivity contribution is 0.906. The average Bonchev–Trinajstić information content (AvgIpc) is 2.20. The predicted molar refractivity (Wildman–Crippen MR) is 39.7 cm³/mol. The fourth-order valence-electron chi connectivity index (χ4n) is 0.560. The third kappa shape index (κ3) is 0.903. The van der Waals surface area contributed by atoms with Crippen molar-refractivity contribution in [1.82, 2.24) is 5.43 Å². The van der Waals surface area contributed by atoms with Gasteiger partial charge in [-0.15, -0.1) is 10.2 Å². The molecule has 0 saturated heterocycles. The number of amidine groups is 2. The van der Waals surface area contributed by atoms with Crippen LogP contribution in [-0.2, 0) is 0 Å². The van der Waals surface area contributed by atoms with Crippen LogP contribution in [-0.4, -0.2) is 24.4 Å². The van der Waals surface area contributed by atoms with E-state index < -0.39 is 0 Å².